The minimum atomic E-state index is -4.31. The largest absolute Gasteiger partial charge is 0.416 e. The van der Waals surface area contributed by atoms with Gasteiger partial charge in [0.25, 0.3) is 0 Å². The Morgan fingerprint density at radius 2 is 1.62 bits per heavy atom. The van der Waals surface area contributed by atoms with Crippen LogP contribution in [0.15, 0.2) is 48.5 Å². The van der Waals surface area contributed by atoms with Gasteiger partial charge in [-0.05, 0) is 48.1 Å². The molecule has 0 bridgehead atoms. The average molecular weight is 360 g/mol. The molecule has 0 saturated heterocycles. The third-order valence-corrected chi connectivity index (χ3v) is 5.19. The summed E-state index contributed by atoms with van der Waals surface area (Å²) in [5.41, 5.74) is 2.07. The highest BCUT2D eigenvalue weighted by atomic mass is 19.4. The van der Waals surface area contributed by atoms with E-state index in [2.05, 4.69) is 10.6 Å². The predicted molar refractivity (Wildman–Crippen MR) is 97.1 cm³/mol. The fourth-order valence-corrected chi connectivity index (χ4v) is 3.41. The van der Waals surface area contributed by atoms with Crippen molar-refractivity contribution in [3.05, 3.63) is 59.7 Å². The number of hydrogen-bond donors (Lipinski definition) is 2. The maximum Gasteiger partial charge on any atom is 0.416 e. The summed E-state index contributed by atoms with van der Waals surface area (Å²) in [6.45, 7) is 2.00. The van der Waals surface area contributed by atoms with E-state index in [1.165, 1.54) is 30.5 Å². The molecule has 2 fully saturated rings. The van der Waals surface area contributed by atoms with Crippen molar-refractivity contribution >= 4 is 0 Å². The zero-order valence-electron chi connectivity index (χ0n) is 14.5. The summed E-state index contributed by atoms with van der Waals surface area (Å²) in [4.78, 5) is 0. The van der Waals surface area contributed by atoms with Crippen LogP contribution in [0.5, 0.6) is 0 Å². The van der Waals surface area contributed by atoms with Gasteiger partial charge in [-0.2, -0.15) is 13.2 Å². The molecule has 0 amide bonds. The Bertz CT molecular complexity index is 751. The van der Waals surface area contributed by atoms with Crippen molar-refractivity contribution in [3.8, 4) is 11.1 Å². The van der Waals surface area contributed by atoms with Crippen LogP contribution < -0.4 is 10.6 Å². The summed E-state index contributed by atoms with van der Waals surface area (Å²) in [6, 6.07) is 14.7. The van der Waals surface area contributed by atoms with Crippen LogP contribution in [0.3, 0.4) is 0 Å². The van der Waals surface area contributed by atoms with Gasteiger partial charge in [0, 0.05) is 31.1 Å². The van der Waals surface area contributed by atoms with Crippen LogP contribution in [0.4, 0.5) is 13.2 Å². The Hall–Kier alpha value is -1.85. The van der Waals surface area contributed by atoms with Gasteiger partial charge >= 0.3 is 6.18 Å². The zero-order chi connectivity index (χ0) is 18.1. The van der Waals surface area contributed by atoms with Crippen molar-refractivity contribution in [2.75, 3.05) is 13.1 Å². The first-order chi connectivity index (χ1) is 12.5. The molecule has 26 heavy (non-hydrogen) atoms. The van der Waals surface area contributed by atoms with E-state index in [9.17, 15) is 13.2 Å². The third kappa shape index (κ3) is 4.27. The van der Waals surface area contributed by atoms with E-state index in [-0.39, 0.29) is 0 Å². The summed E-state index contributed by atoms with van der Waals surface area (Å²) in [5, 5.41) is 7.06. The highest BCUT2D eigenvalue weighted by Gasteiger charge is 2.37. The summed E-state index contributed by atoms with van der Waals surface area (Å²) >= 11 is 0. The van der Waals surface area contributed by atoms with Crippen molar-refractivity contribution in [2.45, 2.75) is 43.4 Å². The standard InChI is InChI=1S/C21H23F3N2/c22-21(23,24)17-3-1-2-16(12-17)14-4-6-15(7-5-14)19-13-20(19)26-11-10-25-18-8-9-18/h1-7,12,18-20,25-26H,8-11,13H2/t19-,20+/m0/s1. The summed E-state index contributed by atoms with van der Waals surface area (Å²) in [5.74, 6) is 0.520. The van der Waals surface area contributed by atoms with Crippen LogP contribution in [-0.4, -0.2) is 25.2 Å². The SMILES string of the molecule is FC(F)(F)c1cccc(-c2ccc([C@@H]3C[C@H]3NCCNC3CC3)cc2)c1. The lowest BCUT2D eigenvalue weighted by Crippen LogP contribution is -2.30. The molecular formula is C21H23F3N2. The van der Waals surface area contributed by atoms with Gasteiger partial charge in [0.05, 0.1) is 5.56 Å². The lowest BCUT2D eigenvalue weighted by Gasteiger charge is -2.10. The van der Waals surface area contributed by atoms with Gasteiger partial charge in [0.1, 0.15) is 0 Å². The fraction of sp³-hybridized carbons (Fsp3) is 0.429. The second kappa shape index (κ2) is 7.05. The number of alkyl halides is 3. The van der Waals surface area contributed by atoms with Crippen molar-refractivity contribution < 1.29 is 13.2 Å². The number of halogens is 3. The smallest absolute Gasteiger partial charge is 0.313 e. The van der Waals surface area contributed by atoms with Gasteiger partial charge in [-0.3, -0.25) is 0 Å². The van der Waals surface area contributed by atoms with E-state index < -0.39 is 11.7 Å². The van der Waals surface area contributed by atoms with Crippen LogP contribution in [0.2, 0.25) is 0 Å². The first-order valence-corrected chi connectivity index (χ1v) is 9.25. The molecule has 4 rings (SSSR count). The molecule has 2 aromatic carbocycles. The van der Waals surface area contributed by atoms with Crippen LogP contribution in [-0.2, 0) is 6.18 Å². The third-order valence-electron chi connectivity index (χ3n) is 5.19. The summed E-state index contributed by atoms with van der Waals surface area (Å²) in [7, 11) is 0. The number of nitrogens with one attached hydrogen (secondary N) is 2. The monoisotopic (exact) mass is 360 g/mol. The van der Waals surface area contributed by atoms with Crippen LogP contribution >= 0.6 is 0 Å². The van der Waals surface area contributed by atoms with Crippen molar-refractivity contribution in [1.29, 1.82) is 0 Å². The first kappa shape index (κ1) is 17.6. The Morgan fingerprint density at radius 3 is 2.31 bits per heavy atom. The highest BCUT2D eigenvalue weighted by molar-refractivity contribution is 5.65. The van der Waals surface area contributed by atoms with Gasteiger partial charge in [0.2, 0.25) is 0 Å². The number of rotatable bonds is 7. The first-order valence-electron chi connectivity index (χ1n) is 9.25. The van der Waals surface area contributed by atoms with Gasteiger partial charge in [-0.15, -0.1) is 0 Å². The molecule has 2 saturated carbocycles. The molecular weight excluding hydrogens is 337 g/mol. The normalized spacial score (nSPS) is 22.4. The van der Waals surface area contributed by atoms with E-state index in [0.717, 1.165) is 37.2 Å². The number of hydrogen-bond acceptors (Lipinski definition) is 2. The quantitative estimate of drug-likeness (QED) is 0.707. The van der Waals surface area contributed by atoms with Gasteiger partial charge in [-0.1, -0.05) is 36.4 Å². The van der Waals surface area contributed by atoms with E-state index in [4.69, 9.17) is 0 Å². The summed E-state index contributed by atoms with van der Waals surface area (Å²) in [6.07, 6.45) is -0.557. The van der Waals surface area contributed by atoms with Gasteiger partial charge in [-0.25, -0.2) is 0 Å². The van der Waals surface area contributed by atoms with E-state index >= 15 is 0 Å². The molecule has 2 atom stereocenters. The minimum absolute atomic E-state index is 0.520. The maximum atomic E-state index is 12.9. The molecule has 2 N–H and O–H groups in total. The van der Waals surface area contributed by atoms with E-state index in [1.807, 2.05) is 24.3 Å². The highest BCUT2D eigenvalue weighted by Crippen LogP contribution is 2.41. The molecule has 0 aromatic heterocycles. The topological polar surface area (TPSA) is 24.1 Å². The average Bonchev–Trinajstić information content (AvgIpc) is 3.53. The molecule has 2 aliphatic carbocycles. The molecule has 2 aliphatic rings. The molecule has 0 aliphatic heterocycles. The van der Waals surface area contributed by atoms with Crippen LogP contribution in [0.25, 0.3) is 11.1 Å². The Kier molecular flexibility index (Phi) is 4.76. The van der Waals surface area contributed by atoms with Crippen LogP contribution in [0.1, 0.15) is 36.3 Å². The van der Waals surface area contributed by atoms with Gasteiger partial charge < -0.3 is 10.6 Å². The van der Waals surface area contributed by atoms with E-state index in [0.29, 0.717) is 17.5 Å². The molecule has 5 heteroatoms. The second-order valence-corrected chi connectivity index (χ2v) is 7.33. The van der Waals surface area contributed by atoms with Crippen LogP contribution in [0, 0.1) is 0 Å². The molecule has 0 radical (unpaired) electrons. The molecule has 0 heterocycles. The Balaban J connectivity index is 1.34. The zero-order valence-corrected chi connectivity index (χ0v) is 14.5. The lowest BCUT2D eigenvalue weighted by atomic mass is 10.0. The van der Waals surface area contributed by atoms with Gasteiger partial charge in [0.15, 0.2) is 0 Å². The maximum absolute atomic E-state index is 12.9. The van der Waals surface area contributed by atoms with Crippen molar-refractivity contribution in [3.63, 3.8) is 0 Å². The van der Waals surface area contributed by atoms with Crippen molar-refractivity contribution in [2.24, 2.45) is 0 Å². The second-order valence-electron chi connectivity index (χ2n) is 7.33. The molecule has 2 nitrogen and oxygen atoms in total. The fourth-order valence-electron chi connectivity index (χ4n) is 3.41. The Morgan fingerprint density at radius 1 is 0.885 bits per heavy atom. The molecule has 0 unspecified atom stereocenters. The van der Waals surface area contributed by atoms with Crippen molar-refractivity contribution in [1.82, 2.24) is 10.6 Å². The molecule has 138 valence electrons. The molecule has 0 spiro atoms. The number of benzene rings is 2. The minimum Gasteiger partial charge on any atom is -0.313 e. The lowest BCUT2D eigenvalue weighted by molar-refractivity contribution is -0.137. The molecule has 2 aromatic rings. The van der Waals surface area contributed by atoms with E-state index in [1.54, 1.807) is 6.07 Å². The predicted octanol–water partition coefficient (Wildman–Crippen LogP) is 4.57. The Labute approximate surface area is 151 Å². The summed E-state index contributed by atoms with van der Waals surface area (Å²) < 4.78 is 38.6.